The SMILES string of the molecule is CCCCOC(=O)/C(C)=C/N(CC)CC. The quantitative estimate of drug-likeness (QED) is 0.370. The molecule has 0 aliphatic rings. The number of esters is 1. The van der Waals surface area contributed by atoms with Gasteiger partial charge in [-0.05, 0) is 27.2 Å². The van der Waals surface area contributed by atoms with E-state index in [0.717, 1.165) is 25.9 Å². The van der Waals surface area contributed by atoms with E-state index in [0.29, 0.717) is 12.2 Å². The van der Waals surface area contributed by atoms with Crippen molar-refractivity contribution in [3.63, 3.8) is 0 Å². The van der Waals surface area contributed by atoms with Crippen LogP contribution in [0.2, 0.25) is 0 Å². The molecule has 0 atom stereocenters. The normalized spacial score (nSPS) is 11.3. The number of rotatable bonds is 7. The monoisotopic (exact) mass is 213 g/mol. The molecule has 0 spiro atoms. The van der Waals surface area contributed by atoms with Gasteiger partial charge in [0.2, 0.25) is 0 Å². The standard InChI is InChI=1S/C12H23NO2/c1-5-8-9-15-12(14)11(4)10-13(6-2)7-3/h10H,5-9H2,1-4H3/b11-10+. The number of carbonyl (C=O) groups excluding carboxylic acids is 1. The Kier molecular flexibility index (Phi) is 7.78. The maximum Gasteiger partial charge on any atom is 0.335 e. The summed E-state index contributed by atoms with van der Waals surface area (Å²) in [7, 11) is 0. The van der Waals surface area contributed by atoms with Crippen LogP contribution in [0.1, 0.15) is 40.5 Å². The highest BCUT2D eigenvalue weighted by Crippen LogP contribution is 2.01. The summed E-state index contributed by atoms with van der Waals surface area (Å²) in [5.74, 6) is -0.199. The largest absolute Gasteiger partial charge is 0.462 e. The van der Waals surface area contributed by atoms with Crippen molar-refractivity contribution in [3.8, 4) is 0 Å². The fourth-order valence-electron chi connectivity index (χ4n) is 1.16. The molecule has 0 aromatic heterocycles. The smallest absolute Gasteiger partial charge is 0.335 e. The molecule has 88 valence electrons. The molecule has 0 saturated heterocycles. The molecule has 0 N–H and O–H groups in total. The molecule has 0 aliphatic heterocycles. The van der Waals surface area contributed by atoms with E-state index in [1.54, 1.807) is 6.92 Å². The fourth-order valence-corrected chi connectivity index (χ4v) is 1.16. The van der Waals surface area contributed by atoms with Gasteiger partial charge in [-0.2, -0.15) is 0 Å². The Bertz CT molecular complexity index is 208. The van der Waals surface area contributed by atoms with Gasteiger partial charge < -0.3 is 9.64 Å². The summed E-state index contributed by atoms with van der Waals surface area (Å²) in [6.07, 6.45) is 3.85. The summed E-state index contributed by atoms with van der Waals surface area (Å²) in [5.41, 5.74) is 0.676. The van der Waals surface area contributed by atoms with Crippen molar-refractivity contribution in [2.45, 2.75) is 40.5 Å². The van der Waals surface area contributed by atoms with Crippen molar-refractivity contribution >= 4 is 5.97 Å². The second-order valence-corrected chi connectivity index (χ2v) is 3.52. The van der Waals surface area contributed by atoms with Crippen LogP contribution >= 0.6 is 0 Å². The van der Waals surface area contributed by atoms with Crippen LogP contribution in [0.4, 0.5) is 0 Å². The second kappa shape index (κ2) is 8.33. The van der Waals surface area contributed by atoms with Crippen molar-refractivity contribution in [1.29, 1.82) is 0 Å². The van der Waals surface area contributed by atoms with Gasteiger partial charge in [0.15, 0.2) is 0 Å². The zero-order valence-electron chi connectivity index (χ0n) is 10.4. The Morgan fingerprint density at radius 1 is 1.27 bits per heavy atom. The van der Waals surface area contributed by atoms with Crippen LogP contribution in [0.3, 0.4) is 0 Å². The molecule has 0 heterocycles. The number of hydrogen-bond acceptors (Lipinski definition) is 3. The number of carbonyl (C=O) groups is 1. The van der Waals surface area contributed by atoms with Crippen LogP contribution < -0.4 is 0 Å². The van der Waals surface area contributed by atoms with Crippen LogP contribution in [0.5, 0.6) is 0 Å². The van der Waals surface area contributed by atoms with E-state index < -0.39 is 0 Å². The average molecular weight is 213 g/mol. The van der Waals surface area contributed by atoms with Crippen molar-refractivity contribution in [2.75, 3.05) is 19.7 Å². The van der Waals surface area contributed by atoms with E-state index in [4.69, 9.17) is 4.74 Å². The number of unbranched alkanes of at least 4 members (excludes halogenated alkanes) is 1. The average Bonchev–Trinajstić information content (AvgIpc) is 2.25. The van der Waals surface area contributed by atoms with Crippen molar-refractivity contribution in [1.82, 2.24) is 4.90 Å². The molecule has 0 aromatic carbocycles. The molecular weight excluding hydrogens is 190 g/mol. The van der Waals surface area contributed by atoms with Gasteiger partial charge in [0, 0.05) is 24.9 Å². The molecule has 0 saturated carbocycles. The van der Waals surface area contributed by atoms with Crippen molar-refractivity contribution in [3.05, 3.63) is 11.8 Å². The maximum absolute atomic E-state index is 11.5. The first-order chi connectivity index (χ1) is 7.15. The highest BCUT2D eigenvalue weighted by Gasteiger charge is 2.06. The predicted molar refractivity (Wildman–Crippen MR) is 62.5 cm³/mol. The van der Waals surface area contributed by atoms with Gasteiger partial charge in [-0.25, -0.2) is 4.79 Å². The van der Waals surface area contributed by atoms with Crippen LogP contribution in [-0.4, -0.2) is 30.6 Å². The van der Waals surface area contributed by atoms with E-state index in [1.807, 2.05) is 6.20 Å². The van der Waals surface area contributed by atoms with Crippen LogP contribution in [0.25, 0.3) is 0 Å². The predicted octanol–water partition coefficient (Wildman–Crippen LogP) is 2.58. The zero-order valence-corrected chi connectivity index (χ0v) is 10.4. The minimum absolute atomic E-state index is 0.199. The number of ether oxygens (including phenoxy) is 1. The summed E-state index contributed by atoms with van der Waals surface area (Å²) in [6.45, 7) is 10.4. The van der Waals surface area contributed by atoms with Gasteiger partial charge in [-0.1, -0.05) is 13.3 Å². The Labute approximate surface area is 93.1 Å². The first-order valence-electron chi connectivity index (χ1n) is 5.75. The van der Waals surface area contributed by atoms with Gasteiger partial charge in [0.25, 0.3) is 0 Å². The number of hydrogen-bond donors (Lipinski definition) is 0. The Balaban J connectivity index is 4.05. The molecule has 0 aromatic rings. The number of nitrogens with zero attached hydrogens (tertiary/aromatic N) is 1. The van der Waals surface area contributed by atoms with Gasteiger partial charge in [0.05, 0.1) is 6.61 Å². The van der Waals surface area contributed by atoms with Gasteiger partial charge in [-0.15, -0.1) is 0 Å². The molecule has 0 unspecified atom stereocenters. The molecule has 0 bridgehead atoms. The van der Waals surface area contributed by atoms with E-state index in [-0.39, 0.29) is 5.97 Å². The van der Waals surface area contributed by atoms with Gasteiger partial charge >= 0.3 is 5.97 Å². The third kappa shape index (κ3) is 6.15. The summed E-state index contributed by atoms with van der Waals surface area (Å²) in [4.78, 5) is 13.5. The van der Waals surface area contributed by atoms with Crippen molar-refractivity contribution < 1.29 is 9.53 Å². The molecule has 15 heavy (non-hydrogen) atoms. The lowest BCUT2D eigenvalue weighted by molar-refractivity contribution is -0.139. The van der Waals surface area contributed by atoms with Gasteiger partial charge in [0.1, 0.15) is 0 Å². The Morgan fingerprint density at radius 2 is 1.87 bits per heavy atom. The Hall–Kier alpha value is -0.990. The second-order valence-electron chi connectivity index (χ2n) is 3.52. The maximum atomic E-state index is 11.5. The molecule has 0 fully saturated rings. The highest BCUT2D eigenvalue weighted by atomic mass is 16.5. The van der Waals surface area contributed by atoms with E-state index in [2.05, 4.69) is 25.7 Å². The minimum atomic E-state index is -0.199. The summed E-state index contributed by atoms with van der Waals surface area (Å²) >= 11 is 0. The van der Waals surface area contributed by atoms with E-state index >= 15 is 0 Å². The first kappa shape index (κ1) is 14.0. The van der Waals surface area contributed by atoms with Crippen LogP contribution in [0.15, 0.2) is 11.8 Å². The lowest BCUT2D eigenvalue weighted by Crippen LogP contribution is -2.18. The topological polar surface area (TPSA) is 29.5 Å². The van der Waals surface area contributed by atoms with Crippen molar-refractivity contribution in [2.24, 2.45) is 0 Å². The Morgan fingerprint density at radius 3 is 2.33 bits per heavy atom. The van der Waals surface area contributed by atoms with E-state index in [9.17, 15) is 4.79 Å². The van der Waals surface area contributed by atoms with E-state index in [1.165, 1.54) is 0 Å². The molecule has 0 radical (unpaired) electrons. The lowest BCUT2D eigenvalue weighted by atomic mass is 10.3. The van der Waals surface area contributed by atoms with Crippen LogP contribution in [0, 0.1) is 0 Å². The third-order valence-corrected chi connectivity index (χ3v) is 2.24. The first-order valence-corrected chi connectivity index (χ1v) is 5.75. The molecular formula is C12H23NO2. The third-order valence-electron chi connectivity index (χ3n) is 2.24. The highest BCUT2D eigenvalue weighted by molar-refractivity contribution is 5.87. The minimum Gasteiger partial charge on any atom is -0.462 e. The molecule has 0 rings (SSSR count). The fraction of sp³-hybridized carbons (Fsp3) is 0.750. The molecule has 0 aliphatic carbocycles. The molecule has 0 amide bonds. The van der Waals surface area contributed by atoms with Gasteiger partial charge in [-0.3, -0.25) is 0 Å². The lowest BCUT2D eigenvalue weighted by Gasteiger charge is -2.16. The zero-order chi connectivity index (χ0) is 11.7. The molecule has 3 nitrogen and oxygen atoms in total. The summed E-state index contributed by atoms with van der Waals surface area (Å²) in [6, 6.07) is 0. The summed E-state index contributed by atoms with van der Waals surface area (Å²) < 4.78 is 5.10. The van der Waals surface area contributed by atoms with Crippen LogP contribution in [-0.2, 0) is 9.53 Å². The summed E-state index contributed by atoms with van der Waals surface area (Å²) in [5, 5.41) is 0. The molecule has 3 heteroatoms.